The van der Waals surface area contributed by atoms with Gasteiger partial charge < -0.3 is 4.42 Å². The van der Waals surface area contributed by atoms with E-state index in [2.05, 4.69) is 64.4 Å². The van der Waals surface area contributed by atoms with Crippen LogP contribution in [0.15, 0.2) is 27.3 Å². The summed E-state index contributed by atoms with van der Waals surface area (Å²) in [7, 11) is 0. The molecule has 0 saturated carbocycles. The van der Waals surface area contributed by atoms with Crippen molar-refractivity contribution >= 4 is 22.7 Å². The molecule has 1 aliphatic heterocycles. The summed E-state index contributed by atoms with van der Waals surface area (Å²) in [5, 5.41) is 6.54. The Bertz CT molecular complexity index is 730. The van der Waals surface area contributed by atoms with Gasteiger partial charge in [-0.2, -0.15) is 0 Å². The standard InChI is InChI=1S/C19H22N2OS2/c1-17(2)11-9-23-15(20-11)19(5,6)16-21-12(10-24-16)18(3,4)14-8-7-13(17)22-14/h7-10H,1-6H3. The normalized spacial score (nSPS) is 20.2. The quantitative estimate of drug-likeness (QED) is 0.534. The number of hydrogen-bond donors (Lipinski definition) is 0. The number of rotatable bonds is 0. The van der Waals surface area contributed by atoms with Crippen molar-refractivity contribution in [2.24, 2.45) is 0 Å². The van der Waals surface area contributed by atoms with Crippen LogP contribution in [0.5, 0.6) is 0 Å². The van der Waals surface area contributed by atoms with Crippen molar-refractivity contribution in [1.29, 1.82) is 0 Å². The van der Waals surface area contributed by atoms with E-state index in [1.807, 2.05) is 0 Å². The van der Waals surface area contributed by atoms with Crippen LogP contribution in [-0.4, -0.2) is 9.97 Å². The van der Waals surface area contributed by atoms with Crippen molar-refractivity contribution in [2.45, 2.75) is 57.8 Å². The van der Waals surface area contributed by atoms with Gasteiger partial charge in [-0.3, -0.25) is 0 Å². The van der Waals surface area contributed by atoms with Crippen molar-refractivity contribution in [2.75, 3.05) is 0 Å². The van der Waals surface area contributed by atoms with Gasteiger partial charge >= 0.3 is 0 Å². The van der Waals surface area contributed by atoms with Crippen molar-refractivity contribution < 1.29 is 4.42 Å². The van der Waals surface area contributed by atoms with Crippen LogP contribution in [0.4, 0.5) is 0 Å². The van der Waals surface area contributed by atoms with Crippen LogP contribution in [0.3, 0.4) is 0 Å². The van der Waals surface area contributed by atoms with E-state index in [1.54, 1.807) is 22.7 Å². The molecular weight excluding hydrogens is 336 g/mol. The van der Waals surface area contributed by atoms with Crippen molar-refractivity contribution in [1.82, 2.24) is 9.97 Å². The predicted molar refractivity (Wildman–Crippen MR) is 99.3 cm³/mol. The van der Waals surface area contributed by atoms with E-state index in [1.165, 1.54) is 0 Å². The van der Waals surface area contributed by atoms with Crippen LogP contribution in [0, 0.1) is 0 Å². The van der Waals surface area contributed by atoms with E-state index in [-0.39, 0.29) is 16.2 Å². The Hall–Kier alpha value is -1.46. The van der Waals surface area contributed by atoms with Crippen LogP contribution >= 0.6 is 22.7 Å². The molecule has 0 saturated heterocycles. The molecule has 0 atom stereocenters. The molecule has 4 heterocycles. The van der Waals surface area contributed by atoms with Gasteiger partial charge in [-0.25, -0.2) is 9.97 Å². The van der Waals surface area contributed by atoms with Gasteiger partial charge in [-0.15, -0.1) is 22.7 Å². The molecule has 3 aromatic rings. The number of furan rings is 1. The summed E-state index contributed by atoms with van der Waals surface area (Å²) in [6.07, 6.45) is 0. The summed E-state index contributed by atoms with van der Waals surface area (Å²) in [6, 6.07) is 4.18. The van der Waals surface area contributed by atoms with E-state index >= 15 is 0 Å². The third-order valence-electron chi connectivity index (χ3n) is 5.20. The maximum atomic E-state index is 6.30. The lowest BCUT2D eigenvalue weighted by molar-refractivity contribution is 0.358. The van der Waals surface area contributed by atoms with Gasteiger partial charge in [0.1, 0.15) is 21.5 Å². The van der Waals surface area contributed by atoms with Gasteiger partial charge in [0.15, 0.2) is 0 Å². The molecular formula is C19H22N2OS2. The first-order valence-corrected chi connectivity index (χ1v) is 9.93. The van der Waals surface area contributed by atoms with E-state index in [9.17, 15) is 0 Å². The molecule has 0 N–H and O–H groups in total. The second-order valence-electron chi connectivity index (χ2n) is 8.11. The molecule has 0 aromatic carbocycles. The van der Waals surface area contributed by atoms with Crippen LogP contribution in [0.2, 0.25) is 0 Å². The lowest BCUT2D eigenvalue weighted by Crippen LogP contribution is -2.24. The summed E-state index contributed by atoms with van der Waals surface area (Å²) in [6.45, 7) is 13.2. The molecule has 0 radical (unpaired) electrons. The predicted octanol–water partition coefficient (Wildman–Crippen LogP) is 5.48. The van der Waals surface area contributed by atoms with E-state index in [0.717, 1.165) is 32.9 Å². The van der Waals surface area contributed by atoms with Crippen molar-refractivity contribution in [3.05, 3.63) is 55.8 Å². The lowest BCUT2D eigenvalue weighted by atomic mass is 9.87. The molecule has 0 aliphatic carbocycles. The Balaban J connectivity index is 2.04. The molecule has 6 bridgehead atoms. The third kappa shape index (κ3) is 2.07. The second-order valence-corrected chi connectivity index (χ2v) is 9.83. The molecule has 3 aromatic heterocycles. The minimum Gasteiger partial charge on any atom is -0.464 e. The molecule has 4 rings (SSSR count). The molecule has 24 heavy (non-hydrogen) atoms. The summed E-state index contributed by atoms with van der Waals surface area (Å²) in [5.74, 6) is 1.91. The second kappa shape index (κ2) is 4.79. The van der Waals surface area contributed by atoms with Crippen LogP contribution < -0.4 is 0 Å². The SMILES string of the molecule is CC1(C)c2csc(n2)C(C)(C)c2nc(cs2)C(C)(C)c2ccc1o2. The first-order chi connectivity index (χ1) is 11.1. The van der Waals surface area contributed by atoms with Crippen molar-refractivity contribution in [3.8, 4) is 0 Å². The zero-order valence-electron chi connectivity index (χ0n) is 14.9. The fraction of sp³-hybridized carbons (Fsp3) is 0.474. The topological polar surface area (TPSA) is 38.9 Å². The van der Waals surface area contributed by atoms with Crippen LogP contribution in [-0.2, 0) is 16.2 Å². The smallest absolute Gasteiger partial charge is 0.115 e. The zero-order valence-corrected chi connectivity index (χ0v) is 16.6. The number of nitrogens with zero attached hydrogens (tertiary/aromatic N) is 2. The molecule has 0 amide bonds. The van der Waals surface area contributed by atoms with Crippen LogP contribution in [0.1, 0.15) is 74.5 Å². The minimum absolute atomic E-state index is 0.181. The number of hydrogen-bond acceptors (Lipinski definition) is 5. The van der Waals surface area contributed by atoms with E-state index in [0.29, 0.717) is 0 Å². The highest BCUT2D eigenvalue weighted by molar-refractivity contribution is 7.11. The average Bonchev–Trinajstić information content (AvgIpc) is 3.24. The summed E-state index contributed by atoms with van der Waals surface area (Å²) in [5.41, 5.74) is 1.44. The highest BCUT2D eigenvalue weighted by atomic mass is 32.1. The highest BCUT2D eigenvalue weighted by Crippen LogP contribution is 2.43. The maximum absolute atomic E-state index is 6.30. The lowest BCUT2D eigenvalue weighted by Gasteiger charge is -2.24. The van der Waals surface area contributed by atoms with Crippen LogP contribution in [0.25, 0.3) is 0 Å². The monoisotopic (exact) mass is 358 g/mol. The summed E-state index contributed by atoms with van der Waals surface area (Å²) in [4.78, 5) is 9.95. The molecule has 126 valence electrons. The van der Waals surface area contributed by atoms with E-state index in [4.69, 9.17) is 14.4 Å². The number of fused-ring (bicyclic) bond motifs is 6. The third-order valence-corrected chi connectivity index (χ3v) is 7.53. The van der Waals surface area contributed by atoms with Gasteiger partial charge in [-0.05, 0) is 53.7 Å². The van der Waals surface area contributed by atoms with Gasteiger partial charge in [0, 0.05) is 10.8 Å². The van der Waals surface area contributed by atoms with Gasteiger partial charge in [0.2, 0.25) is 0 Å². The maximum Gasteiger partial charge on any atom is 0.115 e. The minimum atomic E-state index is -0.249. The Kier molecular flexibility index (Phi) is 3.20. The fourth-order valence-electron chi connectivity index (χ4n) is 3.05. The zero-order chi connectivity index (χ0) is 17.3. The summed E-state index contributed by atoms with van der Waals surface area (Å²) >= 11 is 3.43. The van der Waals surface area contributed by atoms with E-state index < -0.39 is 0 Å². The van der Waals surface area contributed by atoms with Gasteiger partial charge in [0.25, 0.3) is 0 Å². The van der Waals surface area contributed by atoms with Gasteiger partial charge in [0.05, 0.1) is 27.6 Å². The molecule has 0 spiro atoms. The largest absolute Gasteiger partial charge is 0.464 e. The first kappa shape index (κ1) is 16.0. The Morgan fingerprint density at radius 3 is 1.54 bits per heavy atom. The molecule has 0 unspecified atom stereocenters. The average molecular weight is 359 g/mol. The number of thiazole rings is 2. The molecule has 1 aliphatic rings. The van der Waals surface area contributed by atoms with Crippen molar-refractivity contribution in [3.63, 3.8) is 0 Å². The molecule has 5 heteroatoms. The Labute approximate surface area is 150 Å². The number of aromatic nitrogens is 2. The van der Waals surface area contributed by atoms with Gasteiger partial charge in [-0.1, -0.05) is 0 Å². The first-order valence-electron chi connectivity index (χ1n) is 8.17. The Morgan fingerprint density at radius 2 is 1.12 bits per heavy atom. The Morgan fingerprint density at radius 1 is 0.708 bits per heavy atom. The fourth-order valence-corrected chi connectivity index (χ4v) is 5.34. The highest BCUT2D eigenvalue weighted by Gasteiger charge is 2.39. The summed E-state index contributed by atoms with van der Waals surface area (Å²) < 4.78 is 6.30. The molecule has 0 fully saturated rings. The molecule has 3 nitrogen and oxygen atoms in total.